The Morgan fingerprint density at radius 1 is 0.882 bits per heavy atom. The molecule has 2 atom stereocenters. The van der Waals surface area contributed by atoms with Crippen molar-refractivity contribution in [3.63, 3.8) is 0 Å². The van der Waals surface area contributed by atoms with Crippen molar-refractivity contribution in [3.8, 4) is 0 Å². The van der Waals surface area contributed by atoms with Crippen LogP contribution in [0.1, 0.15) is 61.8 Å². The summed E-state index contributed by atoms with van der Waals surface area (Å²) in [7, 11) is -1.83. The van der Waals surface area contributed by atoms with E-state index in [9.17, 15) is 5.11 Å². The SMILES string of the molecule is CC[C@H](O)[C@H](C)O[Si](C(C)C)(C(C)C)C(C)C. The summed E-state index contributed by atoms with van der Waals surface area (Å²) >= 11 is 0. The van der Waals surface area contributed by atoms with Crippen molar-refractivity contribution in [3.05, 3.63) is 0 Å². The first-order valence-electron chi connectivity index (χ1n) is 7.05. The van der Waals surface area contributed by atoms with E-state index in [1.807, 2.05) is 13.8 Å². The van der Waals surface area contributed by atoms with Gasteiger partial charge in [-0.25, -0.2) is 0 Å². The highest BCUT2D eigenvalue weighted by Crippen LogP contribution is 2.43. The lowest BCUT2D eigenvalue weighted by Crippen LogP contribution is -2.51. The van der Waals surface area contributed by atoms with Gasteiger partial charge in [0, 0.05) is 0 Å². The molecule has 0 amide bonds. The molecule has 0 saturated carbocycles. The Hall–Kier alpha value is 0.137. The van der Waals surface area contributed by atoms with Gasteiger partial charge in [-0.1, -0.05) is 48.5 Å². The van der Waals surface area contributed by atoms with Crippen LogP contribution in [0.2, 0.25) is 16.6 Å². The molecular formula is C14H32O2Si. The van der Waals surface area contributed by atoms with E-state index in [4.69, 9.17) is 4.43 Å². The van der Waals surface area contributed by atoms with Gasteiger partial charge in [0.1, 0.15) is 0 Å². The summed E-state index contributed by atoms with van der Waals surface area (Å²) in [6.07, 6.45) is 0.386. The minimum absolute atomic E-state index is 0.0427. The van der Waals surface area contributed by atoms with E-state index in [-0.39, 0.29) is 12.2 Å². The molecule has 104 valence electrons. The minimum Gasteiger partial charge on any atom is -0.411 e. The molecule has 17 heavy (non-hydrogen) atoms. The van der Waals surface area contributed by atoms with Crippen molar-refractivity contribution in [1.82, 2.24) is 0 Å². The monoisotopic (exact) mass is 260 g/mol. The van der Waals surface area contributed by atoms with Crippen LogP contribution in [-0.4, -0.2) is 25.6 Å². The van der Waals surface area contributed by atoms with Crippen molar-refractivity contribution in [2.75, 3.05) is 0 Å². The van der Waals surface area contributed by atoms with Crippen LogP contribution in [0.15, 0.2) is 0 Å². The molecule has 0 unspecified atom stereocenters. The van der Waals surface area contributed by atoms with Crippen molar-refractivity contribution < 1.29 is 9.53 Å². The molecule has 0 aromatic heterocycles. The van der Waals surface area contributed by atoms with Gasteiger partial charge < -0.3 is 9.53 Å². The zero-order valence-electron chi connectivity index (χ0n) is 12.9. The lowest BCUT2D eigenvalue weighted by atomic mass is 10.2. The average Bonchev–Trinajstić information content (AvgIpc) is 2.22. The molecule has 0 saturated heterocycles. The fourth-order valence-electron chi connectivity index (χ4n) is 3.14. The van der Waals surface area contributed by atoms with Crippen molar-refractivity contribution in [2.24, 2.45) is 0 Å². The second-order valence-corrected chi connectivity index (χ2v) is 11.5. The van der Waals surface area contributed by atoms with E-state index in [2.05, 4.69) is 41.5 Å². The van der Waals surface area contributed by atoms with Crippen LogP contribution in [0.25, 0.3) is 0 Å². The molecule has 0 aromatic rings. The molecule has 3 heteroatoms. The van der Waals surface area contributed by atoms with Gasteiger partial charge in [-0.15, -0.1) is 0 Å². The molecule has 0 aliphatic heterocycles. The maximum absolute atomic E-state index is 9.93. The first-order valence-corrected chi connectivity index (χ1v) is 9.19. The van der Waals surface area contributed by atoms with Crippen LogP contribution in [-0.2, 0) is 4.43 Å². The Labute approximate surface area is 109 Å². The summed E-state index contributed by atoms with van der Waals surface area (Å²) < 4.78 is 6.46. The van der Waals surface area contributed by atoms with Crippen LogP contribution in [0.4, 0.5) is 0 Å². The van der Waals surface area contributed by atoms with E-state index in [0.29, 0.717) is 16.6 Å². The van der Waals surface area contributed by atoms with Gasteiger partial charge in [-0.2, -0.15) is 0 Å². The fourth-order valence-corrected chi connectivity index (χ4v) is 8.76. The Balaban J connectivity index is 5.05. The number of rotatable bonds is 7. The molecule has 0 heterocycles. The molecule has 0 bridgehead atoms. The highest BCUT2D eigenvalue weighted by Gasteiger charge is 2.46. The molecule has 0 aliphatic carbocycles. The van der Waals surface area contributed by atoms with Gasteiger partial charge in [-0.05, 0) is 30.0 Å². The first kappa shape index (κ1) is 17.1. The lowest BCUT2D eigenvalue weighted by Gasteiger charge is -2.44. The summed E-state index contributed by atoms with van der Waals surface area (Å²) in [5.74, 6) is 0. The highest BCUT2D eigenvalue weighted by atomic mass is 28.4. The molecule has 0 aromatic carbocycles. The molecule has 0 fully saturated rings. The molecule has 1 N–H and O–H groups in total. The second-order valence-electron chi connectivity index (χ2n) is 6.12. The summed E-state index contributed by atoms with van der Waals surface area (Å²) in [6.45, 7) is 17.7. The highest BCUT2D eigenvalue weighted by molar-refractivity contribution is 6.77. The third kappa shape index (κ3) is 3.80. The van der Waals surface area contributed by atoms with E-state index in [1.54, 1.807) is 0 Å². The van der Waals surface area contributed by atoms with E-state index in [1.165, 1.54) is 0 Å². The van der Waals surface area contributed by atoms with E-state index < -0.39 is 8.32 Å². The summed E-state index contributed by atoms with van der Waals surface area (Å²) in [6, 6.07) is 0. The smallest absolute Gasteiger partial charge is 0.200 e. The van der Waals surface area contributed by atoms with Gasteiger partial charge in [0.05, 0.1) is 12.2 Å². The minimum atomic E-state index is -1.83. The van der Waals surface area contributed by atoms with Crippen LogP contribution in [0.5, 0.6) is 0 Å². The van der Waals surface area contributed by atoms with Crippen molar-refractivity contribution >= 4 is 8.32 Å². The Morgan fingerprint density at radius 3 is 1.47 bits per heavy atom. The lowest BCUT2D eigenvalue weighted by molar-refractivity contribution is 0.0341. The third-order valence-electron chi connectivity index (χ3n) is 4.06. The summed E-state index contributed by atoms with van der Waals surface area (Å²) in [4.78, 5) is 0. The van der Waals surface area contributed by atoms with Gasteiger partial charge in [0.25, 0.3) is 0 Å². The summed E-state index contributed by atoms with van der Waals surface area (Å²) in [5, 5.41) is 9.93. The molecule has 0 aliphatic rings. The molecule has 0 rings (SSSR count). The summed E-state index contributed by atoms with van der Waals surface area (Å²) in [5.41, 5.74) is 1.73. The van der Waals surface area contributed by atoms with Crippen LogP contribution >= 0.6 is 0 Å². The first-order chi connectivity index (χ1) is 7.70. The standard InChI is InChI=1S/C14H32O2Si/c1-9-14(15)13(8)16-17(10(2)3,11(4)5)12(6)7/h10-15H,9H2,1-8H3/t13-,14-/m0/s1. The van der Waals surface area contributed by atoms with Crippen LogP contribution in [0.3, 0.4) is 0 Å². The van der Waals surface area contributed by atoms with Crippen LogP contribution < -0.4 is 0 Å². The van der Waals surface area contributed by atoms with E-state index >= 15 is 0 Å². The number of aliphatic hydroxyl groups excluding tert-OH is 1. The molecular weight excluding hydrogens is 228 g/mol. The number of aliphatic hydroxyl groups is 1. The predicted octanol–water partition coefficient (Wildman–Crippen LogP) is 4.34. The van der Waals surface area contributed by atoms with Crippen molar-refractivity contribution in [1.29, 1.82) is 0 Å². The van der Waals surface area contributed by atoms with Gasteiger partial charge in [0.15, 0.2) is 0 Å². The normalized spacial score (nSPS) is 16.9. The molecule has 0 radical (unpaired) electrons. The van der Waals surface area contributed by atoms with Crippen LogP contribution in [0, 0.1) is 0 Å². The zero-order chi connectivity index (χ0) is 13.8. The quantitative estimate of drug-likeness (QED) is 0.690. The maximum atomic E-state index is 9.93. The fraction of sp³-hybridized carbons (Fsp3) is 1.00. The Bertz CT molecular complexity index is 192. The number of hydrogen-bond acceptors (Lipinski definition) is 2. The third-order valence-corrected chi connectivity index (χ3v) is 10.3. The molecule has 2 nitrogen and oxygen atoms in total. The molecule has 0 spiro atoms. The van der Waals surface area contributed by atoms with Gasteiger partial charge in [-0.3, -0.25) is 0 Å². The Kier molecular flexibility index (Phi) is 6.96. The van der Waals surface area contributed by atoms with Gasteiger partial charge in [0.2, 0.25) is 8.32 Å². The zero-order valence-corrected chi connectivity index (χ0v) is 13.9. The largest absolute Gasteiger partial charge is 0.411 e. The Morgan fingerprint density at radius 2 is 1.24 bits per heavy atom. The topological polar surface area (TPSA) is 29.5 Å². The van der Waals surface area contributed by atoms with Crippen molar-refractivity contribution in [2.45, 2.75) is 90.6 Å². The maximum Gasteiger partial charge on any atom is 0.200 e. The second kappa shape index (κ2) is 6.91. The average molecular weight is 260 g/mol. The van der Waals surface area contributed by atoms with Gasteiger partial charge >= 0.3 is 0 Å². The number of hydrogen-bond donors (Lipinski definition) is 1. The predicted molar refractivity (Wildman–Crippen MR) is 77.9 cm³/mol. The van der Waals surface area contributed by atoms with E-state index in [0.717, 1.165) is 6.42 Å².